The Morgan fingerprint density at radius 3 is 2.50 bits per heavy atom. The van der Waals surface area contributed by atoms with E-state index < -0.39 is 10.0 Å². The van der Waals surface area contributed by atoms with Crippen LogP contribution in [0.3, 0.4) is 0 Å². The highest BCUT2D eigenvalue weighted by Crippen LogP contribution is 2.21. The van der Waals surface area contributed by atoms with E-state index in [1.807, 2.05) is 19.9 Å². The second kappa shape index (κ2) is 4.14. The van der Waals surface area contributed by atoms with Crippen molar-refractivity contribution in [2.75, 3.05) is 0 Å². The maximum absolute atomic E-state index is 10.8. The standard InChI is InChI=1S/C7H13ClOS/c1-4-5-6-7(2,3)10(8)9/h4H,1,5-6H2,2-3H3. The van der Waals surface area contributed by atoms with E-state index >= 15 is 0 Å². The predicted octanol–water partition coefficient (Wildman–Crippen LogP) is 2.63. The second-order valence-corrected chi connectivity index (χ2v) is 5.20. The van der Waals surface area contributed by atoms with Gasteiger partial charge in [0.25, 0.3) is 0 Å². The van der Waals surface area contributed by atoms with E-state index in [4.69, 9.17) is 10.7 Å². The van der Waals surface area contributed by atoms with E-state index in [2.05, 4.69) is 6.58 Å². The number of rotatable bonds is 4. The molecule has 0 amide bonds. The van der Waals surface area contributed by atoms with Gasteiger partial charge in [-0.05, 0) is 37.4 Å². The molecule has 0 aliphatic heterocycles. The Hall–Kier alpha value is 0.180. The summed E-state index contributed by atoms with van der Waals surface area (Å²) in [7, 11) is 4.19. The Bertz CT molecular complexity index is 143. The van der Waals surface area contributed by atoms with Crippen LogP contribution in [0.5, 0.6) is 0 Å². The van der Waals surface area contributed by atoms with Crippen LogP contribution < -0.4 is 0 Å². The molecule has 0 aromatic heterocycles. The molecule has 0 aliphatic carbocycles. The number of hydrogen-bond acceptors (Lipinski definition) is 1. The largest absolute Gasteiger partial charge is 0.242 e. The van der Waals surface area contributed by atoms with E-state index in [1.54, 1.807) is 0 Å². The monoisotopic (exact) mass is 180 g/mol. The summed E-state index contributed by atoms with van der Waals surface area (Å²) in [6.07, 6.45) is 3.50. The molecule has 0 spiro atoms. The molecule has 0 fully saturated rings. The van der Waals surface area contributed by atoms with Crippen molar-refractivity contribution in [2.45, 2.75) is 31.4 Å². The molecule has 0 aliphatic rings. The molecule has 0 bridgehead atoms. The molecule has 0 heterocycles. The van der Waals surface area contributed by atoms with E-state index in [9.17, 15) is 4.21 Å². The van der Waals surface area contributed by atoms with Gasteiger partial charge in [-0.3, -0.25) is 0 Å². The summed E-state index contributed by atoms with van der Waals surface area (Å²) in [4.78, 5) is 0. The van der Waals surface area contributed by atoms with Crippen LogP contribution in [-0.4, -0.2) is 8.96 Å². The van der Waals surface area contributed by atoms with Crippen molar-refractivity contribution in [2.24, 2.45) is 0 Å². The molecule has 1 atom stereocenters. The Balaban J connectivity index is 3.86. The first kappa shape index (κ1) is 10.2. The zero-order chi connectivity index (χ0) is 8.20. The minimum absolute atomic E-state index is 0.282. The summed E-state index contributed by atoms with van der Waals surface area (Å²) in [5.41, 5.74) is 0. The highest BCUT2D eigenvalue weighted by molar-refractivity contribution is 8.09. The number of allylic oxidation sites excluding steroid dienone is 1. The van der Waals surface area contributed by atoms with Crippen LogP contribution in [0.4, 0.5) is 0 Å². The molecule has 1 unspecified atom stereocenters. The van der Waals surface area contributed by atoms with Gasteiger partial charge in [-0.1, -0.05) is 6.08 Å². The van der Waals surface area contributed by atoms with Crippen LogP contribution >= 0.6 is 10.7 Å². The lowest BCUT2D eigenvalue weighted by molar-refractivity contribution is 0.605. The van der Waals surface area contributed by atoms with Crippen molar-refractivity contribution in [3.05, 3.63) is 12.7 Å². The van der Waals surface area contributed by atoms with Crippen LogP contribution in [0.2, 0.25) is 0 Å². The SMILES string of the molecule is C=CCCC(C)(C)S(=O)Cl. The van der Waals surface area contributed by atoms with Crippen molar-refractivity contribution < 1.29 is 4.21 Å². The molecule has 0 saturated carbocycles. The molecule has 0 radical (unpaired) electrons. The average Bonchev–Trinajstić information content (AvgIpc) is 1.84. The Morgan fingerprint density at radius 1 is 1.70 bits per heavy atom. The van der Waals surface area contributed by atoms with E-state index in [1.165, 1.54) is 0 Å². The van der Waals surface area contributed by atoms with Gasteiger partial charge in [0.15, 0.2) is 0 Å². The molecule has 10 heavy (non-hydrogen) atoms. The summed E-state index contributed by atoms with van der Waals surface area (Å²) in [5, 5.41) is 0. The van der Waals surface area contributed by atoms with Gasteiger partial charge in [0, 0.05) is 0 Å². The Morgan fingerprint density at radius 2 is 2.20 bits per heavy atom. The van der Waals surface area contributed by atoms with Crippen molar-refractivity contribution in [1.29, 1.82) is 0 Å². The molecule has 0 aromatic carbocycles. The minimum atomic E-state index is -1.25. The van der Waals surface area contributed by atoms with Gasteiger partial charge in [-0.15, -0.1) is 6.58 Å². The maximum Gasteiger partial charge on any atom is 0.120 e. The highest BCUT2D eigenvalue weighted by atomic mass is 35.7. The van der Waals surface area contributed by atoms with Crippen molar-refractivity contribution in [3.8, 4) is 0 Å². The average molecular weight is 181 g/mol. The molecule has 0 rings (SSSR count). The number of hydrogen-bond donors (Lipinski definition) is 0. The van der Waals surface area contributed by atoms with Gasteiger partial charge in [-0.25, -0.2) is 4.21 Å². The fourth-order valence-electron chi connectivity index (χ4n) is 0.530. The topological polar surface area (TPSA) is 17.1 Å². The summed E-state index contributed by atoms with van der Waals surface area (Å²) < 4.78 is 10.5. The molecular formula is C7H13ClOS. The van der Waals surface area contributed by atoms with Gasteiger partial charge >= 0.3 is 0 Å². The maximum atomic E-state index is 10.8. The van der Waals surface area contributed by atoms with Crippen LogP contribution in [0.1, 0.15) is 26.7 Å². The summed E-state index contributed by atoms with van der Waals surface area (Å²) in [6.45, 7) is 7.36. The zero-order valence-electron chi connectivity index (χ0n) is 6.39. The van der Waals surface area contributed by atoms with E-state index in [-0.39, 0.29) is 4.75 Å². The molecule has 3 heteroatoms. The van der Waals surface area contributed by atoms with E-state index in [0.29, 0.717) is 0 Å². The molecular weight excluding hydrogens is 168 g/mol. The summed E-state index contributed by atoms with van der Waals surface area (Å²) in [5.74, 6) is 0. The third-order valence-electron chi connectivity index (χ3n) is 1.38. The quantitative estimate of drug-likeness (QED) is 0.480. The third-order valence-corrected chi connectivity index (χ3v) is 3.71. The minimum Gasteiger partial charge on any atom is -0.242 e. The summed E-state index contributed by atoms with van der Waals surface area (Å²) in [6, 6.07) is 0. The Labute approximate surface area is 69.4 Å². The molecule has 0 aromatic rings. The van der Waals surface area contributed by atoms with Gasteiger partial charge in [0.05, 0.1) is 4.75 Å². The first-order chi connectivity index (χ1) is 4.50. The highest BCUT2D eigenvalue weighted by Gasteiger charge is 2.22. The van der Waals surface area contributed by atoms with Gasteiger partial charge in [0.1, 0.15) is 10.0 Å². The molecule has 60 valence electrons. The van der Waals surface area contributed by atoms with Crippen molar-refractivity contribution >= 4 is 20.7 Å². The van der Waals surface area contributed by atoms with E-state index in [0.717, 1.165) is 12.8 Å². The van der Waals surface area contributed by atoms with Gasteiger partial charge in [-0.2, -0.15) is 0 Å². The molecule has 1 nitrogen and oxygen atoms in total. The molecule has 0 saturated heterocycles. The van der Waals surface area contributed by atoms with Gasteiger partial charge < -0.3 is 0 Å². The number of halogens is 1. The van der Waals surface area contributed by atoms with Crippen molar-refractivity contribution in [3.63, 3.8) is 0 Å². The normalized spacial score (nSPS) is 14.7. The van der Waals surface area contributed by atoms with Crippen LogP contribution in [0.15, 0.2) is 12.7 Å². The fraction of sp³-hybridized carbons (Fsp3) is 0.714. The second-order valence-electron chi connectivity index (χ2n) is 2.81. The summed E-state index contributed by atoms with van der Waals surface area (Å²) >= 11 is 0. The van der Waals surface area contributed by atoms with Crippen LogP contribution in [-0.2, 0) is 10.0 Å². The third kappa shape index (κ3) is 3.37. The first-order valence-electron chi connectivity index (χ1n) is 3.20. The first-order valence-corrected chi connectivity index (χ1v) is 5.17. The smallest absolute Gasteiger partial charge is 0.120 e. The Kier molecular flexibility index (Phi) is 4.22. The van der Waals surface area contributed by atoms with Crippen molar-refractivity contribution in [1.82, 2.24) is 0 Å². The van der Waals surface area contributed by atoms with Crippen LogP contribution in [0.25, 0.3) is 0 Å². The predicted molar refractivity (Wildman–Crippen MR) is 47.5 cm³/mol. The lowest BCUT2D eigenvalue weighted by atomic mass is 10.1. The lowest BCUT2D eigenvalue weighted by Crippen LogP contribution is -2.22. The zero-order valence-corrected chi connectivity index (χ0v) is 7.97. The lowest BCUT2D eigenvalue weighted by Gasteiger charge is -2.17. The molecule has 0 N–H and O–H groups in total. The van der Waals surface area contributed by atoms with Crippen LogP contribution in [0, 0.1) is 0 Å². The fourth-order valence-corrected chi connectivity index (χ4v) is 1.04. The van der Waals surface area contributed by atoms with Gasteiger partial charge in [0.2, 0.25) is 0 Å².